The minimum absolute atomic E-state index is 0.0525. The first-order valence-electron chi connectivity index (χ1n) is 7.72. The fourth-order valence-corrected chi connectivity index (χ4v) is 3.79. The van der Waals surface area contributed by atoms with Gasteiger partial charge in [0.2, 0.25) is 11.8 Å². The second-order valence-corrected chi connectivity index (χ2v) is 7.11. The van der Waals surface area contributed by atoms with Gasteiger partial charge >= 0.3 is 0 Å². The summed E-state index contributed by atoms with van der Waals surface area (Å²) >= 11 is 3.45. The van der Waals surface area contributed by atoms with E-state index in [2.05, 4.69) is 22.0 Å². The molecule has 2 amide bonds. The van der Waals surface area contributed by atoms with Gasteiger partial charge in [-0.15, -0.1) is 0 Å². The molecule has 1 saturated carbocycles. The highest BCUT2D eigenvalue weighted by Gasteiger charge is 2.47. The Morgan fingerprint density at radius 2 is 2.13 bits per heavy atom. The number of amides is 2. The Morgan fingerprint density at radius 1 is 1.43 bits per heavy atom. The summed E-state index contributed by atoms with van der Waals surface area (Å²) in [6, 6.07) is 9.78. The first-order chi connectivity index (χ1) is 11.0. The largest absolute Gasteiger partial charge is 0.327 e. The zero-order chi connectivity index (χ0) is 16.6. The van der Waals surface area contributed by atoms with Crippen LogP contribution in [0.5, 0.6) is 0 Å². The smallest absolute Gasteiger partial charge is 0.229 e. The van der Waals surface area contributed by atoms with Crippen molar-refractivity contribution in [2.45, 2.75) is 31.2 Å². The van der Waals surface area contributed by atoms with Crippen LogP contribution in [0.3, 0.4) is 0 Å². The Morgan fingerprint density at radius 3 is 2.70 bits per heavy atom. The SMILES string of the molecule is CN(C(=O)[C@@H]1CC(=O)N(c2ccccc2Br)C1)C1(C#N)CCC1. The van der Waals surface area contributed by atoms with Gasteiger partial charge in [-0.25, -0.2) is 0 Å². The first kappa shape index (κ1) is 16.0. The minimum Gasteiger partial charge on any atom is -0.327 e. The van der Waals surface area contributed by atoms with Gasteiger partial charge in [-0.3, -0.25) is 9.59 Å². The van der Waals surface area contributed by atoms with Crippen LogP contribution in [0.2, 0.25) is 0 Å². The summed E-state index contributed by atoms with van der Waals surface area (Å²) in [7, 11) is 1.69. The molecule has 1 aliphatic heterocycles. The maximum absolute atomic E-state index is 12.7. The number of benzene rings is 1. The van der Waals surface area contributed by atoms with E-state index in [0.29, 0.717) is 6.54 Å². The molecule has 1 atom stereocenters. The highest BCUT2D eigenvalue weighted by molar-refractivity contribution is 9.10. The van der Waals surface area contributed by atoms with Crippen LogP contribution in [0.1, 0.15) is 25.7 Å². The molecule has 0 radical (unpaired) electrons. The number of anilines is 1. The molecule has 1 aliphatic carbocycles. The molecule has 23 heavy (non-hydrogen) atoms. The number of hydrogen-bond acceptors (Lipinski definition) is 3. The topological polar surface area (TPSA) is 64.4 Å². The quantitative estimate of drug-likeness (QED) is 0.815. The predicted molar refractivity (Wildman–Crippen MR) is 89.6 cm³/mol. The number of carbonyl (C=O) groups is 2. The summed E-state index contributed by atoms with van der Waals surface area (Å²) in [4.78, 5) is 28.3. The fourth-order valence-electron chi connectivity index (χ4n) is 3.30. The lowest BCUT2D eigenvalue weighted by molar-refractivity contribution is -0.140. The van der Waals surface area contributed by atoms with Crippen LogP contribution in [0.4, 0.5) is 5.69 Å². The van der Waals surface area contributed by atoms with Gasteiger partial charge in [0.1, 0.15) is 5.54 Å². The molecular formula is C17H18BrN3O2. The molecule has 6 heteroatoms. The van der Waals surface area contributed by atoms with Crippen LogP contribution in [-0.4, -0.2) is 35.8 Å². The molecule has 1 heterocycles. The van der Waals surface area contributed by atoms with Crippen molar-refractivity contribution < 1.29 is 9.59 Å². The highest BCUT2D eigenvalue weighted by Crippen LogP contribution is 2.38. The normalized spacial score (nSPS) is 22.4. The molecule has 2 fully saturated rings. The van der Waals surface area contributed by atoms with Crippen LogP contribution in [-0.2, 0) is 9.59 Å². The molecule has 1 saturated heterocycles. The van der Waals surface area contributed by atoms with Crippen molar-refractivity contribution in [2.75, 3.05) is 18.5 Å². The molecule has 0 aromatic heterocycles. The Kier molecular flexibility index (Phi) is 4.15. The molecule has 0 spiro atoms. The number of hydrogen-bond donors (Lipinski definition) is 0. The summed E-state index contributed by atoms with van der Waals surface area (Å²) in [6.07, 6.45) is 2.62. The molecule has 0 N–H and O–H groups in total. The van der Waals surface area contributed by atoms with Crippen molar-refractivity contribution in [3.05, 3.63) is 28.7 Å². The molecule has 1 aromatic rings. The van der Waals surface area contributed by atoms with Crippen LogP contribution in [0, 0.1) is 17.2 Å². The Labute approximate surface area is 144 Å². The fraction of sp³-hybridized carbons (Fsp3) is 0.471. The minimum atomic E-state index is -0.666. The van der Waals surface area contributed by atoms with E-state index in [-0.39, 0.29) is 24.2 Å². The Balaban J connectivity index is 1.76. The Hall–Kier alpha value is -1.87. The average Bonchev–Trinajstić information content (AvgIpc) is 2.88. The molecular weight excluding hydrogens is 358 g/mol. The van der Waals surface area contributed by atoms with Crippen molar-refractivity contribution in [1.82, 2.24) is 4.90 Å². The lowest BCUT2D eigenvalue weighted by Gasteiger charge is -2.43. The predicted octanol–water partition coefficient (Wildman–Crippen LogP) is 2.71. The van der Waals surface area contributed by atoms with E-state index in [0.717, 1.165) is 29.4 Å². The number of halogens is 1. The number of carbonyl (C=O) groups excluding carboxylic acids is 2. The zero-order valence-corrected chi connectivity index (χ0v) is 14.5. The third-order valence-electron chi connectivity index (χ3n) is 4.98. The maximum Gasteiger partial charge on any atom is 0.229 e. The molecule has 2 aliphatic rings. The maximum atomic E-state index is 12.7. The number of para-hydroxylation sites is 1. The van der Waals surface area contributed by atoms with Gasteiger partial charge in [0.05, 0.1) is 17.7 Å². The number of rotatable bonds is 3. The van der Waals surface area contributed by atoms with Crippen molar-refractivity contribution >= 4 is 33.4 Å². The summed E-state index contributed by atoms with van der Waals surface area (Å²) < 4.78 is 0.835. The molecule has 5 nitrogen and oxygen atoms in total. The summed E-state index contributed by atoms with van der Waals surface area (Å²) in [5, 5.41) is 9.39. The van der Waals surface area contributed by atoms with Crippen molar-refractivity contribution in [2.24, 2.45) is 5.92 Å². The van der Waals surface area contributed by atoms with E-state index in [1.165, 1.54) is 0 Å². The van der Waals surface area contributed by atoms with Gasteiger partial charge in [0.25, 0.3) is 0 Å². The van der Waals surface area contributed by atoms with E-state index in [1.807, 2.05) is 24.3 Å². The second-order valence-electron chi connectivity index (χ2n) is 6.25. The van der Waals surface area contributed by atoms with Crippen LogP contribution >= 0.6 is 15.9 Å². The molecule has 120 valence electrons. The summed E-state index contributed by atoms with van der Waals surface area (Å²) in [5.74, 6) is -0.539. The molecule has 1 aromatic carbocycles. The van der Waals surface area contributed by atoms with E-state index in [1.54, 1.807) is 16.8 Å². The molecule has 0 unspecified atom stereocenters. The van der Waals surface area contributed by atoms with Gasteiger partial charge in [-0.1, -0.05) is 12.1 Å². The summed E-state index contributed by atoms with van der Waals surface area (Å²) in [6.45, 7) is 0.367. The number of nitrogens with zero attached hydrogens (tertiary/aromatic N) is 3. The highest BCUT2D eigenvalue weighted by atomic mass is 79.9. The standard InChI is InChI=1S/C17H18BrN3O2/c1-20(17(11-19)7-4-8-17)16(23)12-9-15(22)21(10-12)14-6-3-2-5-13(14)18/h2-3,5-6,12H,4,7-10H2,1H3/t12-/m1/s1. The lowest BCUT2D eigenvalue weighted by atomic mass is 9.76. The van der Waals surface area contributed by atoms with Crippen LogP contribution < -0.4 is 4.90 Å². The third-order valence-corrected chi connectivity index (χ3v) is 5.65. The van der Waals surface area contributed by atoms with Gasteiger partial charge in [0.15, 0.2) is 0 Å². The van der Waals surface area contributed by atoms with Crippen LogP contribution in [0.15, 0.2) is 28.7 Å². The van der Waals surface area contributed by atoms with E-state index < -0.39 is 5.54 Å². The average molecular weight is 376 g/mol. The third kappa shape index (κ3) is 2.63. The summed E-state index contributed by atoms with van der Waals surface area (Å²) in [5.41, 5.74) is 0.120. The molecule has 3 rings (SSSR count). The van der Waals surface area contributed by atoms with Gasteiger partial charge in [-0.2, -0.15) is 5.26 Å². The second kappa shape index (κ2) is 5.97. The van der Waals surface area contributed by atoms with Gasteiger partial charge in [0, 0.05) is 24.5 Å². The first-order valence-corrected chi connectivity index (χ1v) is 8.51. The van der Waals surface area contributed by atoms with E-state index in [4.69, 9.17) is 0 Å². The zero-order valence-electron chi connectivity index (χ0n) is 13.0. The van der Waals surface area contributed by atoms with Crippen LogP contribution in [0.25, 0.3) is 0 Å². The van der Waals surface area contributed by atoms with Crippen molar-refractivity contribution in [3.63, 3.8) is 0 Å². The van der Waals surface area contributed by atoms with E-state index in [9.17, 15) is 14.9 Å². The lowest BCUT2D eigenvalue weighted by Crippen LogP contribution is -2.55. The molecule has 0 bridgehead atoms. The Bertz CT molecular complexity index is 693. The number of nitriles is 1. The van der Waals surface area contributed by atoms with Gasteiger partial charge < -0.3 is 9.80 Å². The van der Waals surface area contributed by atoms with Crippen molar-refractivity contribution in [3.8, 4) is 6.07 Å². The van der Waals surface area contributed by atoms with Crippen molar-refractivity contribution in [1.29, 1.82) is 5.26 Å². The monoisotopic (exact) mass is 375 g/mol. The van der Waals surface area contributed by atoms with Gasteiger partial charge in [-0.05, 0) is 47.3 Å². The van der Waals surface area contributed by atoms with E-state index >= 15 is 0 Å².